The number of benzene rings is 1. The zero-order valence-electron chi connectivity index (χ0n) is 12.3. The fourth-order valence-electron chi connectivity index (χ4n) is 3.01. The average Bonchev–Trinajstić information content (AvgIpc) is 3.10. The molecule has 112 valence electrons. The molecule has 1 heterocycles. The van der Waals surface area contributed by atoms with E-state index in [1.54, 1.807) is 0 Å². The van der Waals surface area contributed by atoms with Crippen LogP contribution in [-0.2, 0) is 13.1 Å². The first-order valence-electron chi connectivity index (χ1n) is 7.75. The Labute approximate surface area is 125 Å². The number of hydrogen-bond acceptors (Lipinski definition) is 3. The van der Waals surface area contributed by atoms with Crippen LogP contribution in [0.2, 0.25) is 0 Å². The first-order chi connectivity index (χ1) is 10.3. The maximum Gasteiger partial charge on any atom is 0.0659 e. The summed E-state index contributed by atoms with van der Waals surface area (Å²) in [6.07, 6.45) is 7.15. The number of aromatic nitrogens is 2. The summed E-state index contributed by atoms with van der Waals surface area (Å²) in [7, 11) is 0. The molecule has 1 fully saturated rings. The Morgan fingerprint density at radius 2 is 2.05 bits per heavy atom. The number of aliphatic hydroxyl groups excluding tert-OH is 1. The van der Waals surface area contributed by atoms with Crippen LogP contribution in [0.15, 0.2) is 42.7 Å². The van der Waals surface area contributed by atoms with Gasteiger partial charge in [0.2, 0.25) is 0 Å². The van der Waals surface area contributed by atoms with Crippen LogP contribution in [0, 0.1) is 5.92 Å². The lowest BCUT2D eigenvalue weighted by molar-refractivity contribution is 0.131. The quantitative estimate of drug-likeness (QED) is 0.855. The summed E-state index contributed by atoms with van der Waals surface area (Å²) >= 11 is 0. The van der Waals surface area contributed by atoms with E-state index in [0.29, 0.717) is 5.92 Å². The van der Waals surface area contributed by atoms with Crippen molar-refractivity contribution in [1.29, 1.82) is 0 Å². The van der Waals surface area contributed by atoms with Gasteiger partial charge in [-0.15, -0.1) is 0 Å². The third-order valence-electron chi connectivity index (χ3n) is 4.23. The minimum Gasteiger partial charge on any atom is -0.393 e. The summed E-state index contributed by atoms with van der Waals surface area (Å²) < 4.78 is 1.97. The van der Waals surface area contributed by atoms with Gasteiger partial charge in [0.05, 0.1) is 18.8 Å². The molecule has 2 unspecified atom stereocenters. The molecule has 1 aliphatic rings. The van der Waals surface area contributed by atoms with E-state index in [0.717, 1.165) is 38.9 Å². The van der Waals surface area contributed by atoms with Crippen molar-refractivity contribution in [3.05, 3.63) is 53.9 Å². The second-order valence-electron chi connectivity index (χ2n) is 5.92. The van der Waals surface area contributed by atoms with E-state index in [9.17, 15) is 5.11 Å². The van der Waals surface area contributed by atoms with Crippen LogP contribution in [-0.4, -0.2) is 27.5 Å². The maximum atomic E-state index is 9.80. The number of hydrogen-bond donors (Lipinski definition) is 2. The molecular weight excluding hydrogens is 262 g/mol. The van der Waals surface area contributed by atoms with E-state index in [-0.39, 0.29) is 6.10 Å². The molecule has 0 aliphatic heterocycles. The van der Waals surface area contributed by atoms with E-state index < -0.39 is 0 Å². The van der Waals surface area contributed by atoms with Gasteiger partial charge in [-0.3, -0.25) is 4.68 Å². The molecule has 0 amide bonds. The molecular formula is C17H23N3O. The van der Waals surface area contributed by atoms with Gasteiger partial charge in [-0.1, -0.05) is 36.8 Å². The number of nitrogens with one attached hydrogen (secondary N) is 1. The van der Waals surface area contributed by atoms with Crippen molar-refractivity contribution in [3.8, 4) is 0 Å². The number of nitrogens with zero attached hydrogens (tertiary/aromatic N) is 2. The highest BCUT2D eigenvalue weighted by Gasteiger charge is 2.24. The average molecular weight is 285 g/mol. The van der Waals surface area contributed by atoms with Gasteiger partial charge in [0.25, 0.3) is 0 Å². The Hall–Kier alpha value is -1.65. The second-order valence-corrected chi connectivity index (χ2v) is 5.92. The lowest BCUT2D eigenvalue weighted by Crippen LogP contribution is -2.27. The molecule has 0 radical (unpaired) electrons. The van der Waals surface area contributed by atoms with Gasteiger partial charge >= 0.3 is 0 Å². The zero-order valence-corrected chi connectivity index (χ0v) is 12.3. The molecule has 2 aromatic rings. The van der Waals surface area contributed by atoms with Crippen LogP contribution < -0.4 is 5.32 Å². The van der Waals surface area contributed by atoms with Gasteiger partial charge < -0.3 is 10.4 Å². The first-order valence-corrected chi connectivity index (χ1v) is 7.75. The Morgan fingerprint density at radius 3 is 2.81 bits per heavy atom. The van der Waals surface area contributed by atoms with Gasteiger partial charge in [-0.25, -0.2) is 0 Å². The van der Waals surface area contributed by atoms with Gasteiger partial charge in [-0.05, 0) is 24.3 Å². The maximum absolute atomic E-state index is 9.80. The molecule has 0 bridgehead atoms. The van der Waals surface area contributed by atoms with E-state index >= 15 is 0 Å². The fourth-order valence-corrected chi connectivity index (χ4v) is 3.01. The first kappa shape index (κ1) is 14.3. The molecule has 4 nitrogen and oxygen atoms in total. The van der Waals surface area contributed by atoms with Gasteiger partial charge in [0.1, 0.15) is 0 Å². The summed E-state index contributed by atoms with van der Waals surface area (Å²) in [6, 6.07) is 10.4. The molecule has 2 atom stereocenters. The predicted octanol–water partition coefficient (Wildman–Crippen LogP) is 2.18. The minimum atomic E-state index is -0.113. The van der Waals surface area contributed by atoms with Gasteiger partial charge in [0, 0.05) is 24.8 Å². The van der Waals surface area contributed by atoms with Crippen LogP contribution in [0.1, 0.15) is 30.4 Å². The van der Waals surface area contributed by atoms with Gasteiger partial charge in [-0.2, -0.15) is 5.10 Å². The van der Waals surface area contributed by atoms with Crippen molar-refractivity contribution in [1.82, 2.24) is 15.1 Å². The lowest BCUT2D eigenvalue weighted by atomic mass is 10.1. The van der Waals surface area contributed by atoms with Crippen molar-refractivity contribution in [2.45, 2.75) is 38.5 Å². The van der Waals surface area contributed by atoms with E-state index in [4.69, 9.17) is 0 Å². The van der Waals surface area contributed by atoms with Crippen molar-refractivity contribution in [3.63, 3.8) is 0 Å². The van der Waals surface area contributed by atoms with Crippen molar-refractivity contribution < 1.29 is 5.11 Å². The van der Waals surface area contributed by atoms with E-state index in [2.05, 4.69) is 28.7 Å². The van der Waals surface area contributed by atoms with Crippen molar-refractivity contribution in [2.24, 2.45) is 5.92 Å². The molecule has 1 aromatic carbocycles. The van der Waals surface area contributed by atoms with Gasteiger partial charge in [0.15, 0.2) is 0 Å². The van der Waals surface area contributed by atoms with Crippen LogP contribution in [0.5, 0.6) is 0 Å². The summed E-state index contributed by atoms with van der Waals surface area (Å²) in [6.45, 7) is 2.52. The largest absolute Gasteiger partial charge is 0.393 e. The summed E-state index contributed by atoms with van der Waals surface area (Å²) in [5, 5.41) is 17.6. The standard InChI is InChI=1S/C17H23N3O/c21-17-8-4-7-16(17)11-18-9-15-10-19-20(13-15)12-14-5-2-1-3-6-14/h1-3,5-6,10,13,16-18,21H,4,7-9,11-12H2. The zero-order chi connectivity index (χ0) is 14.5. The highest BCUT2D eigenvalue weighted by molar-refractivity contribution is 5.15. The molecule has 1 aliphatic carbocycles. The third kappa shape index (κ3) is 3.93. The second kappa shape index (κ2) is 6.87. The summed E-state index contributed by atoms with van der Waals surface area (Å²) in [5.41, 5.74) is 2.45. The molecule has 1 saturated carbocycles. The van der Waals surface area contributed by atoms with Crippen LogP contribution in [0.3, 0.4) is 0 Å². The minimum absolute atomic E-state index is 0.113. The molecule has 0 saturated heterocycles. The Bertz CT molecular complexity index is 552. The topological polar surface area (TPSA) is 50.1 Å². The van der Waals surface area contributed by atoms with Crippen molar-refractivity contribution >= 4 is 0 Å². The van der Waals surface area contributed by atoms with Crippen LogP contribution in [0.4, 0.5) is 0 Å². The number of rotatable bonds is 6. The summed E-state index contributed by atoms with van der Waals surface area (Å²) in [4.78, 5) is 0. The third-order valence-corrected chi connectivity index (χ3v) is 4.23. The monoisotopic (exact) mass is 285 g/mol. The lowest BCUT2D eigenvalue weighted by Gasteiger charge is -2.14. The van der Waals surface area contributed by atoms with Crippen LogP contribution >= 0.6 is 0 Å². The molecule has 0 spiro atoms. The SMILES string of the molecule is OC1CCCC1CNCc1cnn(Cc2ccccc2)c1. The van der Waals surface area contributed by atoms with E-state index in [1.165, 1.54) is 11.1 Å². The normalized spacial score (nSPS) is 21.8. The predicted molar refractivity (Wildman–Crippen MR) is 82.8 cm³/mol. The Kier molecular flexibility index (Phi) is 4.68. The smallest absolute Gasteiger partial charge is 0.0659 e. The molecule has 21 heavy (non-hydrogen) atoms. The number of aliphatic hydroxyl groups is 1. The molecule has 3 rings (SSSR count). The Balaban J connectivity index is 1.46. The van der Waals surface area contributed by atoms with E-state index in [1.807, 2.05) is 29.1 Å². The Morgan fingerprint density at radius 1 is 1.19 bits per heavy atom. The highest BCUT2D eigenvalue weighted by Crippen LogP contribution is 2.24. The molecule has 1 aromatic heterocycles. The van der Waals surface area contributed by atoms with Crippen LogP contribution in [0.25, 0.3) is 0 Å². The fraction of sp³-hybridized carbons (Fsp3) is 0.471. The molecule has 4 heteroatoms. The molecule has 2 N–H and O–H groups in total. The summed E-state index contributed by atoms with van der Waals surface area (Å²) in [5.74, 6) is 0.421. The van der Waals surface area contributed by atoms with Crippen molar-refractivity contribution in [2.75, 3.05) is 6.54 Å². The highest BCUT2D eigenvalue weighted by atomic mass is 16.3.